The number of nitrogens with one attached hydrogen (secondary N) is 1. The molecule has 11 heteroatoms. The van der Waals surface area contributed by atoms with Crippen molar-refractivity contribution in [3.63, 3.8) is 0 Å². The molecule has 4 rings (SSSR count). The summed E-state index contributed by atoms with van der Waals surface area (Å²) in [5.41, 5.74) is 3.19. The van der Waals surface area contributed by atoms with Gasteiger partial charge in [0.05, 0.1) is 17.3 Å². The van der Waals surface area contributed by atoms with E-state index in [9.17, 15) is 18.0 Å². The predicted molar refractivity (Wildman–Crippen MR) is 97.5 cm³/mol. The van der Waals surface area contributed by atoms with Gasteiger partial charge in [-0.25, -0.2) is 9.50 Å². The summed E-state index contributed by atoms with van der Waals surface area (Å²) in [6.45, 7) is -1.27. The normalized spacial score (nSPS) is 17.1. The van der Waals surface area contributed by atoms with Gasteiger partial charge in [0.2, 0.25) is 0 Å². The Morgan fingerprint density at radius 2 is 2.18 bits per heavy atom. The van der Waals surface area contributed by atoms with E-state index >= 15 is 0 Å². The second-order valence-corrected chi connectivity index (χ2v) is 7.48. The maximum Gasteiger partial charge on any atom is 0.406 e. The van der Waals surface area contributed by atoms with E-state index in [1.807, 2.05) is 6.20 Å². The van der Waals surface area contributed by atoms with Crippen molar-refractivity contribution < 1.29 is 18.0 Å². The molecule has 0 radical (unpaired) electrons. The molecule has 0 aromatic carbocycles. The first-order chi connectivity index (χ1) is 13.3. The van der Waals surface area contributed by atoms with Crippen LogP contribution >= 0.6 is 11.8 Å². The monoisotopic (exact) mass is 408 g/mol. The molecule has 7 nitrogen and oxygen atoms in total. The van der Waals surface area contributed by atoms with E-state index in [4.69, 9.17) is 0 Å². The van der Waals surface area contributed by atoms with Gasteiger partial charge in [0.15, 0.2) is 5.65 Å². The average molecular weight is 408 g/mol. The molecule has 0 bridgehead atoms. The topological polar surface area (TPSA) is 79.2 Å². The Kier molecular flexibility index (Phi) is 4.61. The second kappa shape index (κ2) is 6.97. The fourth-order valence-corrected chi connectivity index (χ4v) is 4.19. The minimum Gasteiger partial charge on any atom is -0.332 e. The largest absolute Gasteiger partial charge is 0.406 e. The van der Waals surface area contributed by atoms with E-state index in [2.05, 4.69) is 20.3 Å². The number of aromatic nitrogens is 5. The lowest BCUT2D eigenvalue weighted by Crippen LogP contribution is -2.36. The highest BCUT2D eigenvalue weighted by atomic mass is 32.2. The Bertz CT molecular complexity index is 1040. The summed E-state index contributed by atoms with van der Waals surface area (Å²) < 4.78 is 39.2. The lowest BCUT2D eigenvalue weighted by Gasteiger charge is -2.18. The van der Waals surface area contributed by atoms with Crippen molar-refractivity contribution in [3.8, 4) is 11.1 Å². The van der Waals surface area contributed by atoms with Crippen LogP contribution in [0.15, 0.2) is 42.0 Å². The van der Waals surface area contributed by atoms with E-state index in [1.54, 1.807) is 35.4 Å². The van der Waals surface area contributed by atoms with E-state index in [0.29, 0.717) is 21.2 Å². The number of aromatic amines is 1. The quantitative estimate of drug-likeness (QED) is 0.718. The molecule has 1 unspecified atom stereocenters. The van der Waals surface area contributed by atoms with Gasteiger partial charge in [-0.3, -0.25) is 9.89 Å². The third-order valence-electron chi connectivity index (χ3n) is 4.36. The minimum absolute atomic E-state index is 0.145. The van der Waals surface area contributed by atoms with Gasteiger partial charge in [-0.15, -0.1) is 11.8 Å². The fourth-order valence-electron chi connectivity index (χ4n) is 3.01. The summed E-state index contributed by atoms with van der Waals surface area (Å²) in [6.07, 6.45) is 5.91. The smallest absolute Gasteiger partial charge is 0.332 e. The number of halogens is 3. The highest BCUT2D eigenvalue weighted by molar-refractivity contribution is 8.04. The van der Waals surface area contributed by atoms with Crippen molar-refractivity contribution in [1.29, 1.82) is 0 Å². The van der Waals surface area contributed by atoms with Gasteiger partial charge in [0.1, 0.15) is 6.54 Å². The van der Waals surface area contributed by atoms with Crippen LogP contribution in [0.3, 0.4) is 0 Å². The summed E-state index contributed by atoms with van der Waals surface area (Å²) in [5, 5.41) is 11.0. The van der Waals surface area contributed by atoms with Crippen LogP contribution in [0, 0.1) is 0 Å². The number of fused-ring (bicyclic) bond motifs is 1. The van der Waals surface area contributed by atoms with Crippen LogP contribution in [0.4, 0.5) is 13.2 Å². The number of likely N-dealkylation sites (N-methyl/N-ethyl adjacent to an activating group) is 1. The first-order valence-corrected chi connectivity index (χ1v) is 9.29. The van der Waals surface area contributed by atoms with Crippen molar-refractivity contribution in [2.45, 2.75) is 12.1 Å². The lowest BCUT2D eigenvalue weighted by atomic mass is 10.0. The average Bonchev–Trinajstić information content (AvgIpc) is 3.37. The number of carbonyl (C=O) groups excluding carboxylic acids is 1. The summed E-state index contributed by atoms with van der Waals surface area (Å²) in [5.74, 6) is -0.225. The molecule has 3 aromatic heterocycles. The van der Waals surface area contributed by atoms with Crippen molar-refractivity contribution in [2.75, 3.05) is 19.3 Å². The Labute approximate surface area is 161 Å². The number of H-pyrrole nitrogens is 1. The fraction of sp³-hybridized carbons (Fsp3) is 0.294. The van der Waals surface area contributed by atoms with Crippen LogP contribution in [-0.2, 0) is 4.79 Å². The zero-order chi connectivity index (χ0) is 19.9. The molecule has 0 fully saturated rings. The van der Waals surface area contributed by atoms with Crippen LogP contribution in [-0.4, -0.2) is 61.1 Å². The lowest BCUT2D eigenvalue weighted by molar-refractivity contribution is -0.155. The Balaban J connectivity index is 1.56. The van der Waals surface area contributed by atoms with Crippen molar-refractivity contribution in [2.24, 2.45) is 0 Å². The Morgan fingerprint density at radius 3 is 2.89 bits per heavy atom. The Morgan fingerprint density at radius 1 is 1.36 bits per heavy atom. The van der Waals surface area contributed by atoms with Gasteiger partial charge in [-0.1, -0.05) is 6.08 Å². The molecule has 0 aliphatic carbocycles. The molecule has 3 aromatic rings. The van der Waals surface area contributed by atoms with Crippen LogP contribution < -0.4 is 0 Å². The summed E-state index contributed by atoms with van der Waals surface area (Å²) in [6, 6.07) is 0. The molecular weight excluding hydrogens is 393 g/mol. The Hall–Kier alpha value is -2.82. The molecule has 0 spiro atoms. The van der Waals surface area contributed by atoms with Crippen LogP contribution in [0.1, 0.15) is 11.5 Å². The molecule has 0 saturated carbocycles. The van der Waals surface area contributed by atoms with Crippen molar-refractivity contribution in [1.82, 2.24) is 29.7 Å². The number of allylic oxidation sites excluding steroid dienone is 1. The number of hydrogen-bond acceptors (Lipinski definition) is 5. The summed E-state index contributed by atoms with van der Waals surface area (Å²) in [4.78, 5) is 17.7. The van der Waals surface area contributed by atoms with E-state index < -0.39 is 18.6 Å². The molecule has 1 aliphatic heterocycles. The number of hydrogen-bond donors (Lipinski definition) is 1. The zero-order valence-corrected chi connectivity index (χ0v) is 15.5. The molecule has 1 N–H and O–H groups in total. The number of alkyl halides is 3. The van der Waals surface area contributed by atoms with Gasteiger partial charge >= 0.3 is 6.18 Å². The summed E-state index contributed by atoms with van der Waals surface area (Å²) >= 11 is 1.25. The summed E-state index contributed by atoms with van der Waals surface area (Å²) in [7, 11) is 1.15. The third kappa shape index (κ3) is 3.61. The van der Waals surface area contributed by atoms with Crippen LogP contribution in [0.2, 0.25) is 0 Å². The second-order valence-electron chi connectivity index (χ2n) is 6.42. The first-order valence-electron chi connectivity index (χ1n) is 8.31. The molecule has 4 heterocycles. The van der Waals surface area contributed by atoms with Gasteiger partial charge in [0.25, 0.3) is 5.91 Å². The van der Waals surface area contributed by atoms with Crippen molar-refractivity contribution >= 4 is 23.3 Å². The molecule has 1 atom stereocenters. The number of nitrogens with zero attached hydrogens (tertiary/aromatic N) is 5. The third-order valence-corrected chi connectivity index (χ3v) is 5.51. The van der Waals surface area contributed by atoms with E-state index in [-0.39, 0.29) is 5.92 Å². The number of thioether (sulfide) groups is 1. The molecule has 1 amide bonds. The number of rotatable bonds is 4. The zero-order valence-electron chi connectivity index (χ0n) is 14.6. The predicted octanol–water partition coefficient (Wildman–Crippen LogP) is 2.85. The maximum atomic E-state index is 12.5. The standard InChI is InChI=1S/C17H15F3N6OS/c1-25(9-17(18,19)20)16(27)14-2-10(8-28-14)13-6-24-26-7-12(3-21-15(13)26)11-4-22-23-5-11/h2-7,10H,8-9H2,1H3,(H,22,23). The van der Waals surface area contributed by atoms with Gasteiger partial charge in [0, 0.05) is 54.0 Å². The van der Waals surface area contributed by atoms with E-state index in [0.717, 1.165) is 23.7 Å². The highest BCUT2D eigenvalue weighted by Crippen LogP contribution is 2.38. The van der Waals surface area contributed by atoms with Gasteiger partial charge < -0.3 is 4.90 Å². The van der Waals surface area contributed by atoms with Gasteiger partial charge in [-0.2, -0.15) is 23.4 Å². The molecule has 28 heavy (non-hydrogen) atoms. The molecular formula is C17H15F3N6OS. The van der Waals surface area contributed by atoms with Crippen molar-refractivity contribution in [3.05, 3.63) is 47.5 Å². The molecule has 146 valence electrons. The minimum atomic E-state index is -4.42. The van der Waals surface area contributed by atoms with Crippen LogP contribution in [0.25, 0.3) is 16.8 Å². The maximum absolute atomic E-state index is 12.5. The first kappa shape index (κ1) is 18.5. The SMILES string of the molecule is CN(CC(F)(F)F)C(=O)C1=CC(c2cnn3cc(-c4cn[nH]c4)cnc23)CS1. The van der Waals surface area contributed by atoms with Gasteiger partial charge in [-0.05, 0) is 0 Å². The molecule has 1 aliphatic rings. The van der Waals surface area contributed by atoms with Crippen LogP contribution in [0.5, 0.6) is 0 Å². The van der Waals surface area contributed by atoms with E-state index in [1.165, 1.54) is 11.8 Å². The molecule has 0 saturated heterocycles. The number of carbonyl (C=O) groups is 1. The highest BCUT2D eigenvalue weighted by Gasteiger charge is 2.34. The number of amides is 1.